The molecule has 0 aliphatic carbocycles. The van der Waals surface area contributed by atoms with Gasteiger partial charge in [-0.1, -0.05) is 0 Å². The summed E-state index contributed by atoms with van der Waals surface area (Å²) in [4.78, 5) is 11.2. The fourth-order valence-electron chi connectivity index (χ4n) is 2.13. The van der Waals surface area contributed by atoms with Gasteiger partial charge >= 0.3 is 5.63 Å². The van der Waals surface area contributed by atoms with Gasteiger partial charge in [-0.05, 0) is 12.1 Å². The maximum absolute atomic E-state index is 11.2. The van der Waals surface area contributed by atoms with Crippen LogP contribution in [0.25, 0.3) is 16.7 Å². The van der Waals surface area contributed by atoms with Crippen LogP contribution in [0.3, 0.4) is 0 Å². The van der Waals surface area contributed by atoms with E-state index in [1.165, 1.54) is 12.1 Å². The van der Waals surface area contributed by atoms with E-state index in [4.69, 9.17) is 13.9 Å². The molecule has 0 unspecified atom stereocenters. The van der Waals surface area contributed by atoms with E-state index in [1.807, 2.05) is 0 Å². The minimum atomic E-state index is -0.456. The fourth-order valence-corrected chi connectivity index (χ4v) is 2.13. The lowest BCUT2D eigenvalue weighted by Crippen LogP contribution is -2.19. The molecule has 2 heterocycles. The predicted octanol–water partition coefficient (Wildman–Crippen LogP) is 1.89. The third-order valence-corrected chi connectivity index (χ3v) is 3.05. The van der Waals surface area contributed by atoms with Crippen LogP contribution in [0.4, 0.5) is 0 Å². The Labute approximate surface area is 108 Å². The zero-order valence-corrected chi connectivity index (χ0v) is 10.3. The minimum Gasteiger partial charge on any atom is -0.508 e. The van der Waals surface area contributed by atoms with Gasteiger partial charge < -0.3 is 19.0 Å². The standard InChI is InChI=1S/C14H12O5/c1-17-14(8-6-18-7-8)11-4-9(15)5-12-10(11)2-3-13(16)19-12/h2-5,15H,6-7H2,1H3. The van der Waals surface area contributed by atoms with E-state index in [1.54, 1.807) is 19.2 Å². The van der Waals surface area contributed by atoms with Crippen molar-refractivity contribution in [1.82, 2.24) is 0 Å². The maximum atomic E-state index is 11.2. The molecule has 0 atom stereocenters. The van der Waals surface area contributed by atoms with Crippen LogP contribution < -0.4 is 5.63 Å². The number of hydrogen-bond donors (Lipinski definition) is 1. The van der Waals surface area contributed by atoms with E-state index in [0.29, 0.717) is 35.5 Å². The van der Waals surface area contributed by atoms with Crippen LogP contribution in [0, 0.1) is 0 Å². The van der Waals surface area contributed by atoms with Crippen LogP contribution >= 0.6 is 0 Å². The summed E-state index contributed by atoms with van der Waals surface area (Å²) < 4.78 is 15.6. The second kappa shape index (κ2) is 4.44. The van der Waals surface area contributed by atoms with Gasteiger partial charge in [-0.25, -0.2) is 4.79 Å². The van der Waals surface area contributed by atoms with E-state index in [2.05, 4.69) is 0 Å². The number of fused-ring (bicyclic) bond motifs is 1. The first-order valence-corrected chi connectivity index (χ1v) is 5.80. The molecule has 1 aliphatic rings. The van der Waals surface area contributed by atoms with Crippen molar-refractivity contribution in [3.05, 3.63) is 45.8 Å². The number of benzene rings is 1. The predicted molar refractivity (Wildman–Crippen MR) is 68.9 cm³/mol. The van der Waals surface area contributed by atoms with Crippen molar-refractivity contribution >= 4 is 16.7 Å². The summed E-state index contributed by atoms with van der Waals surface area (Å²) in [6, 6.07) is 6.01. The van der Waals surface area contributed by atoms with Gasteiger partial charge in [0, 0.05) is 28.7 Å². The lowest BCUT2D eigenvalue weighted by atomic mass is 10.0. The lowest BCUT2D eigenvalue weighted by Gasteiger charge is -2.22. The minimum absolute atomic E-state index is 0.0206. The number of rotatable bonds is 2. The van der Waals surface area contributed by atoms with Crippen molar-refractivity contribution < 1.29 is 19.0 Å². The van der Waals surface area contributed by atoms with Gasteiger partial charge in [0.05, 0.1) is 20.3 Å². The number of methoxy groups -OCH3 is 1. The molecule has 1 aromatic carbocycles. The van der Waals surface area contributed by atoms with Crippen molar-refractivity contribution in [2.45, 2.75) is 0 Å². The molecule has 0 spiro atoms. The largest absolute Gasteiger partial charge is 0.508 e. The summed E-state index contributed by atoms with van der Waals surface area (Å²) >= 11 is 0. The first-order chi connectivity index (χ1) is 9.19. The van der Waals surface area contributed by atoms with E-state index in [9.17, 15) is 9.90 Å². The zero-order chi connectivity index (χ0) is 13.4. The smallest absolute Gasteiger partial charge is 0.336 e. The van der Waals surface area contributed by atoms with E-state index in [0.717, 1.165) is 5.57 Å². The van der Waals surface area contributed by atoms with Crippen molar-refractivity contribution in [2.24, 2.45) is 0 Å². The number of hydrogen-bond acceptors (Lipinski definition) is 5. The van der Waals surface area contributed by atoms with Gasteiger partial charge in [0.1, 0.15) is 17.1 Å². The Balaban J connectivity index is 2.31. The van der Waals surface area contributed by atoms with Crippen LogP contribution in [0.2, 0.25) is 0 Å². The Hall–Kier alpha value is -2.27. The number of phenolic OH excluding ortho intramolecular Hbond substituents is 1. The normalized spacial score (nSPS) is 14.3. The first-order valence-electron chi connectivity index (χ1n) is 5.80. The van der Waals surface area contributed by atoms with Crippen LogP contribution in [0.1, 0.15) is 5.56 Å². The molecule has 0 saturated carbocycles. The van der Waals surface area contributed by atoms with Crippen LogP contribution in [-0.4, -0.2) is 25.4 Å². The number of phenols is 1. The SMILES string of the molecule is COC(=C1COC1)c1cc(O)cc2oc(=O)ccc12. The molecule has 3 rings (SSSR count). The maximum Gasteiger partial charge on any atom is 0.336 e. The topological polar surface area (TPSA) is 68.9 Å². The van der Waals surface area contributed by atoms with Gasteiger partial charge in [0.2, 0.25) is 0 Å². The van der Waals surface area contributed by atoms with Gasteiger partial charge in [-0.15, -0.1) is 0 Å². The Bertz CT molecular complexity index is 720. The monoisotopic (exact) mass is 260 g/mol. The molecule has 1 N–H and O–H groups in total. The molecular formula is C14H12O5. The molecule has 5 heteroatoms. The highest BCUT2D eigenvalue weighted by Gasteiger charge is 2.20. The van der Waals surface area contributed by atoms with Crippen molar-refractivity contribution in [1.29, 1.82) is 0 Å². The van der Waals surface area contributed by atoms with Gasteiger partial charge in [0.15, 0.2) is 0 Å². The highest BCUT2D eigenvalue weighted by Crippen LogP contribution is 2.32. The molecule has 0 amide bonds. The van der Waals surface area contributed by atoms with Crippen molar-refractivity contribution in [3.63, 3.8) is 0 Å². The van der Waals surface area contributed by atoms with E-state index in [-0.39, 0.29) is 5.75 Å². The van der Waals surface area contributed by atoms with E-state index < -0.39 is 5.63 Å². The molecule has 1 aromatic heterocycles. The van der Waals surface area contributed by atoms with Crippen LogP contribution in [0.5, 0.6) is 5.75 Å². The molecule has 1 fully saturated rings. The van der Waals surface area contributed by atoms with Crippen molar-refractivity contribution in [3.8, 4) is 5.75 Å². The van der Waals surface area contributed by atoms with Crippen molar-refractivity contribution in [2.75, 3.05) is 20.3 Å². The quantitative estimate of drug-likeness (QED) is 0.659. The van der Waals surface area contributed by atoms with Gasteiger partial charge in [0.25, 0.3) is 0 Å². The third kappa shape index (κ3) is 1.98. The summed E-state index contributed by atoms with van der Waals surface area (Å²) in [7, 11) is 1.57. The summed E-state index contributed by atoms with van der Waals surface area (Å²) in [5.74, 6) is 0.674. The zero-order valence-electron chi connectivity index (χ0n) is 10.3. The average Bonchev–Trinajstić information content (AvgIpc) is 2.31. The molecule has 98 valence electrons. The number of aromatic hydroxyl groups is 1. The molecule has 1 aliphatic heterocycles. The highest BCUT2D eigenvalue weighted by atomic mass is 16.5. The molecule has 1 saturated heterocycles. The second-order valence-electron chi connectivity index (χ2n) is 4.29. The first kappa shape index (κ1) is 11.8. The summed E-state index contributed by atoms with van der Waals surface area (Å²) in [6.45, 7) is 1.02. The Morgan fingerprint density at radius 2 is 2.11 bits per heavy atom. The van der Waals surface area contributed by atoms with Gasteiger partial charge in [-0.2, -0.15) is 0 Å². The fraction of sp³-hybridized carbons (Fsp3) is 0.214. The highest BCUT2D eigenvalue weighted by molar-refractivity contribution is 5.91. The molecule has 0 bridgehead atoms. The number of ether oxygens (including phenoxy) is 2. The third-order valence-electron chi connectivity index (χ3n) is 3.05. The summed E-state index contributed by atoms with van der Waals surface area (Å²) in [6.07, 6.45) is 0. The molecule has 19 heavy (non-hydrogen) atoms. The lowest BCUT2D eigenvalue weighted by molar-refractivity contribution is 0.0993. The summed E-state index contributed by atoms with van der Waals surface area (Å²) in [5, 5.41) is 10.5. The molecule has 2 aromatic rings. The summed E-state index contributed by atoms with van der Waals surface area (Å²) in [5.41, 5.74) is 1.58. The van der Waals surface area contributed by atoms with Crippen LogP contribution in [0.15, 0.2) is 39.1 Å². The molecule has 5 nitrogen and oxygen atoms in total. The van der Waals surface area contributed by atoms with Gasteiger partial charge in [-0.3, -0.25) is 0 Å². The molecule has 0 radical (unpaired) electrons. The average molecular weight is 260 g/mol. The second-order valence-corrected chi connectivity index (χ2v) is 4.29. The Morgan fingerprint density at radius 1 is 1.32 bits per heavy atom. The van der Waals surface area contributed by atoms with Crippen LogP contribution in [-0.2, 0) is 9.47 Å². The molecular weight excluding hydrogens is 248 g/mol. The Morgan fingerprint density at radius 3 is 2.74 bits per heavy atom. The Kier molecular flexibility index (Phi) is 2.76. The van der Waals surface area contributed by atoms with E-state index >= 15 is 0 Å².